The molecule has 2 aromatic heterocycles. The molecule has 10 nitrogen and oxygen atoms in total. The Morgan fingerprint density at radius 2 is 1.50 bits per heavy atom. The summed E-state index contributed by atoms with van der Waals surface area (Å²) in [6.07, 6.45) is 1.12. The summed E-state index contributed by atoms with van der Waals surface area (Å²) in [6.45, 7) is 1.51. The molecule has 0 aliphatic rings. The minimum Gasteiger partial charge on any atom is -0.363 e. The lowest BCUT2D eigenvalue weighted by Crippen LogP contribution is -2.25. The number of amides is 1. The van der Waals surface area contributed by atoms with Crippen LogP contribution in [0.4, 0.5) is 8.78 Å². The average Bonchev–Trinajstić information content (AvgIpc) is 3.55. The molecular weight excluding hydrogens is 597 g/mol. The van der Waals surface area contributed by atoms with E-state index in [1.54, 1.807) is 14.2 Å². The van der Waals surface area contributed by atoms with Gasteiger partial charge in [0.15, 0.2) is 0 Å². The molecule has 214 valence electrons. The Bertz CT molecular complexity index is 1420. The molecule has 4 aromatic rings. The van der Waals surface area contributed by atoms with Crippen LogP contribution in [-0.2, 0) is 9.68 Å². The molecule has 15 heteroatoms. The zero-order valence-electron chi connectivity index (χ0n) is 21.7. The maximum Gasteiger partial charge on any atom is 0.282 e. The predicted octanol–water partition coefficient (Wildman–Crippen LogP) is 6.36. The number of nitrogens with zero attached hydrogens (tertiary/aromatic N) is 3. The molecule has 0 saturated heterocycles. The van der Waals surface area contributed by atoms with Crippen LogP contribution >= 0.6 is 34.8 Å². The maximum absolute atomic E-state index is 13.8. The summed E-state index contributed by atoms with van der Waals surface area (Å²) in [5.41, 5.74) is 2.61. The first-order valence-corrected chi connectivity index (χ1v) is 12.1. The first-order chi connectivity index (χ1) is 19.0. The number of aryl methyl sites for hydroxylation is 1. The molecule has 0 saturated carbocycles. The molecule has 1 N–H and O–H groups in total. The molecule has 0 fully saturated rings. The van der Waals surface area contributed by atoms with Crippen LogP contribution in [0.2, 0.25) is 10.0 Å². The third-order valence-electron chi connectivity index (χ3n) is 5.02. The molecule has 1 amide bonds. The van der Waals surface area contributed by atoms with E-state index in [2.05, 4.69) is 20.6 Å². The van der Waals surface area contributed by atoms with E-state index in [0.717, 1.165) is 11.3 Å². The molecule has 0 unspecified atom stereocenters. The topological polar surface area (TPSA) is 120 Å². The van der Waals surface area contributed by atoms with Crippen molar-refractivity contribution in [2.24, 2.45) is 0 Å². The summed E-state index contributed by atoms with van der Waals surface area (Å²) in [5, 5.41) is 7.76. The highest BCUT2D eigenvalue weighted by Gasteiger charge is 2.25. The molecule has 0 spiro atoms. The van der Waals surface area contributed by atoms with Crippen LogP contribution in [0, 0.1) is 18.6 Å². The third-order valence-corrected chi connectivity index (χ3v) is 5.84. The summed E-state index contributed by atoms with van der Waals surface area (Å²) < 4.78 is 37.1. The van der Waals surface area contributed by atoms with E-state index in [4.69, 9.17) is 48.7 Å². The molecule has 0 radical (unpaired) electrons. The fourth-order valence-corrected chi connectivity index (χ4v) is 3.77. The van der Waals surface area contributed by atoms with Crippen molar-refractivity contribution < 1.29 is 37.1 Å². The lowest BCUT2D eigenvalue weighted by Gasteiger charge is -2.13. The lowest BCUT2D eigenvalue weighted by atomic mass is 10.1. The van der Waals surface area contributed by atoms with Crippen molar-refractivity contribution in [1.82, 2.24) is 20.9 Å². The Balaban J connectivity index is 0.000000249. The van der Waals surface area contributed by atoms with Crippen molar-refractivity contribution in [1.29, 1.82) is 0 Å². The van der Waals surface area contributed by atoms with Crippen LogP contribution in [0.15, 0.2) is 51.7 Å². The van der Waals surface area contributed by atoms with Gasteiger partial charge in [0.25, 0.3) is 11.1 Å². The van der Waals surface area contributed by atoms with E-state index in [1.807, 2.05) is 0 Å². The molecule has 0 aliphatic heterocycles. The van der Waals surface area contributed by atoms with Gasteiger partial charge in [0.05, 0.1) is 35.4 Å². The normalized spacial score (nSPS) is 10.2. The second-order valence-electron chi connectivity index (χ2n) is 7.40. The van der Waals surface area contributed by atoms with Gasteiger partial charge in [-0.05, 0) is 42.8 Å². The summed E-state index contributed by atoms with van der Waals surface area (Å²) >= 11 is 17.2. The zero-order valence-corrected chi connectivity index (χ0v) is 24.0. The fraction of sp³-hybridized carbons (Fsp3) is 0.200. The van der Waals surface area contributed by atoms with Crippen molar-refractivity contribution >= 4 is 46.0 Å². The van der Waals surface area contributed by atoms with Gasteiger partial charge in [0, 0.05) is 14.1 Å². The predicted molar refractivity (Wildman–Crippen MR) is 144 cm³/mol. The van der Waals surface area contributed by atoms with E-state index in [1.165, 1.54) is 57.5 Å². The molecule has 2 heterocycles. The second-order valence-corrected chi connectivity index (χ2v) is 8.56. The van der Waals surface area contributed by atoms with E-state index in [0.29, 0.717) is 0 Å². The molecule has 0 bridgehead atoms. The van der Waals surface area contributed by atoms with Crippen molar-refractivity contribution in [3.63, 3.8) is 0 Å². The standard InChI is InChI=1S/C12H10ClFN2O3.C11H6Cl2FNO2.C2H7NO/c1-16(18-2)12(17)7-6-19-15-11(7)10-8(13)4-3-5-9(10)14;1-5-8(11(13)16)10(15-17-5)9-6(12)3-2-4-7(9)14;1-3-4-2/h3-6H,1-2H3;2-4H,1H3;3H,1-2H3. The number of benzene rings is 2. The van der Waals surface area contributed by atoms with Gasteiger partial charge in [-0.2, -0.15) is 0 Å². The Kier molecular flexibility index (Phi) is 12.6. The van der Waals surface area contributed by atoms with Crippen LogP contribution in [-0.4, -0.2) is 54.8 Å². The van der Waals surface area contributed by atoms with Crippen molar-refractivity contribution in [2.45, 2.75) is 6.92 Å². The van der Waals surface area contributed by atoms with Gasteiger partial charge in [0.2, 0.25) is 0 Å². The minimum atomic E-state index is -0.766. The lowest BCUT2D eigenvalue weighted by molar-refractivity contribution is -0.0756. The van der Waals surface area contributed by atoms with E-state index >= 15 is 0 Å². The van der Waals surface area contributed by atoms with Crippen molar-refractivity contribution in [3.05, 3.63) is 81.2 Å². The number of hydroxylamine groups is 3. The second kappa shape index (κ2) is 15.4. The maximum atomic E-state index is 13.8. The smallest absolute Gasteiger partial charge is 0.282 e. The largest absolute Gasteiger partial charge is 0.363 e. The number of carbonyl (C=O) groups is 2. The highest BCUT2D eigenvalue weighted by Crippen LogP contribution is 2.34. The number of rotatable bonds is 6. The molecule has 0 aliphatic carbocycles. The van der Waals surface area contributed by atoms with Gasteiger partial charge in [-0.15, -0.1) is 0 Å². The summed E-state index contributed by atoms with van der Waals surface area (Å²) in [7, 11) is 6.03. The molecular formula is C25H23Cl3F2N4O6. The molecule has 40 heavy (non-hydrogen) atoms. The Morgan fingerprint density at radius 3 is 1.95 bits per heavy atom. The van der Waals surface area contributed by atoms with Gasteiger partial charge in [0.1, 0.15) is 46.2 Å². The van der Waals surface area contributed by atoms with Crippen LogP contribution in [0.25, 0.3) is 22.5 Å². The van der Waals surface area contributed by atoms with Crippen LogP contribution < -0.4 is 5.48 Å². The summed E-state index contributed by atoms with van der Waals surface area (Å²) in [6, 6.07) is 8.35. The minimum absolute atomic E-state index is 0.00927. The Labute approximate surface area is 242 Å². The fourth-order valence-electron chi connectivity index (χ4n) is 3.04. The van der Waals surface area contributed by atoms with Gasteiger partial charge in [-0.1, -0.05) is 45.6 Å². The Morgan fingerprint density at radius 1 is 0.975 bits per heavy atom. The number of carbonyl (C=O) groups excluding carboxylic acids is 2. The number of halogens is 5. The van der Waals surface area contributed by atoms with Crippen LogP contribution in [0.3, 0.4) is 0 Å². The summed E-state index contributed by atoms with van der Waals surface area (Å²) in [4.78, 5) is 32.3. The molecule has 2 aromatic carbocycles. The van der Waals surface area contributed by atoms with Crippen molar-refractivity contribution in [3.8, 4) is 22.5 Å². The van der Waals surface area contributed by atoms with E-state index in [-0.39, 0.29) is 49.4 Å². The van der Waals surface area contributed by atoms with Gasteiger partial charge in [-0.3, -0.25) is 14.4 Å². The van der Waals surface area contributed by atoms with E-state index < -0.39 is 22.8 Å². The van der Waals surface area contributed by atoms with Gasteiger partial charge < -0.3 is 13.9 Å². The quantitative estimate of drug-likeness (QED) is 0.194. The summed E-state index contributed by atoms with van der Waals surface area (Å²) in [5.74, 6) is -1.47. The average molecular weight is 620 g/mol. The monoisotopic (exact) mass is 618 g/mol. The number of nitrogens with one attached hydrogen (secondary N) is 1. The van der Waals surface area contributed by atoms with Crippen LogP contribution in [0.5, 0.6) is 0 Å². The first kappa shape index (κ1) is 32.8. The van der Waals surface area contributed by atoms with E-state index in [9.17, 15) is 18.4 Å². The van der Waals surface area contributed by atoms with Gasteiger partial charge in [-0.25, -0.2) is 19.3 Å². The SMILES string of the molecule is CNOC.CON(C)C(=O)c1conc1-c1c(F)cccc1Cl.Cc1onc(-c2c(F)cccc2Cl)c1C(=O)Cl. The number of hydrogen-bond donors (Lipinski definition) is 1. The molecule has 0 atom stereocenters. The molecule has 4 rings (SSSR count). The zero-order chi connectivity index (χ0) is 30.0. The number of aromatic nitrogens is 2. The first-order valence-electron chi connectivity index (χ1n) is 11.0. The highest BCUT2D eigenvalue weighted by molar-refractivity contribution is 6.68. The third kappa shape index (κ3) is 7.84. The number of hydrogen-bond acceptors (Lipinski definition) is 9. The highest BCUT2D eigenvalue weighted by atomic mass is 35.5. The van der Waals surface area contributed by atoms with Crippen molar-refractivity contribution in [2.75, 3.05) is 28.3 Å². The Hall–Kier alpha value is -3.39. The van der Waals surface area contributed by atoms with Crippen LogP contribution in [0.1, 0.15) is 26.5 Å². The van der Waals surface area contributed by atoms with Gasteiger partial charge >= 0.3 is 0 Å².